The third-order valence-corrected chi connectivity index (χ3v) is 1.78. The zero-order valence-corrected chi connectivity index (χ0v) is 6.41. The van der Waals surface area contributed by atoms with Crippen molar-refractivity contribution >= 4 is 18.5 Å². The standard InChI is InChI=1S/C9H10N2/c1-7-4-9-8(2-3-11-9)6-10-5-7/h2-7,11H,1H3. The van der Waals surface area contributed by atoms with Crippen molar-refractivity contribution in [2.75, 3.05) is 0 Å². The Labute approximate surface area is 65.0 Å². The van der Waals surface area contributed by atoms with Crippen LogP contribution in [0.1, 0.15) is 6.92 Å². The van der Waals surface area contributed by atoms with Gasteiger partial charge in [0.15, 0.2) is 0 Å². The smallest absolute Gasteiger partial charge is 0.0435 e. The van der Waals surface area contributed by atoms with Crippen LogP contribution in [0.5, 0.6) is 0 Å². The van der Waals surface area contributed by atoms with E-state index in [4.69, 9.17) is 0 Å². The fourth-order valence-corrected chi connectivity index (χ4v) is 1.22. The molecule has 1 aromatic rings. The van der Waals surface area contributed by atoms with Crippen LogP contribution in [0.15, 0.2) is 17.3 Å². The van der Waals surface area contributed by atoms with E-state index in [0.29, 0.717) is 5.92 Å². The average molecular weight is 146 g/mol. The molecule has 2 nitrogen and oxygen atoms in total. The summed E-state index contributed by atoms with van der Waals surface area (Å²) in [4.78, 5) is 7.33. The second-order valence-electron chi connectivity index (χ2n) is 2.80. The summed E-state index contributed by atoms with van der Waals surface area (Å²) in [5, 5.41) is 2.35. The van der Waals surface area contributed by atoms with Crippen LogP contribution in [-0.4, -0.2) is 11.2 Å². The van der Waals surface area contributed by atoms with E-state index in [9.17, 15) is 0 Å². The summed E-state index contributed by atoms with van der Waals surface area (Å²) in [6.45, 7) is 2.12. The Hall–Kier alpha value is -1.31. The maximum atomic E-state index is 4.16. The zero-order chi connectivity index (χ0) is 7.68. The molecule has 56 valence electrons. The van der Waals surface area contributed by atoms with Crippen LogP contribution < -0.4 is 10.6 Å². The minimum atomic E-state index is 0.422. The molecule has 2 heteroatoms. The van der Waals surface area contributed by atoms with E-state index < -0.39 is 0 Å². The Balaban J connectivity index is 2.74. The van der Waals surface area contributed by atoms with Crippen molar-refractivity contribution < 1.29 is 0 Å². The molecule has 0 radical (unpaired) electrons. The number of fused-ring (bicyclic) bond motifs is 1. The summed E-state index contributed by atoms with van der Waals surface area (Å²) < 4.78 is 0. The number of aromatic nitrogens is 1. The lowest BCUT2D eigenvalue weighted by molar-refractivity contribution is 1.08. The Kier molecular flexibility index (Phi) is 1.39. The van der Waals surface area contributed by atoms with Gasteiger partial charge in [-0.05, 0) is 6.07 Å². The largest absolute Gasteiger partial charge is 0.361 e. The van der Waals surface area contributed by atoms with Crippen LogP contribution in [0, 0.1) is 5.92 Å². The molecule has 0 fully saturated rings. The maximum absolute atomic E-state index is 4.16. The van der Waals surface area contributed by atoms with Crippen LogP contribution in [0.25, 0.3) is 12.3 Å². The highest BCUT2D eigenvalue weighted by Crippen LogP contribution is 1.92. The fourth-order valence-electron chi connectivity index (χ4n) is 1.22. The maximum Gasteiger partial charge on any atom is 0.0435 e. The minimum absolute atomic E-state index is 0.422. The van der Waals surface area contributed by atoms with Gasteiger partial charge in [-0.2, -0.15) is 0 Å². The van der Waals surface area contributed by atoms with Crippen molar-refractivity contribution in [2.24, 2.45) is 10.9 Å². The van der Waals surface area contributed by atoms with Crippen molar-refractivity contribution in [1.29, 1.82) is 0 Å². The van der Waals surface area contributed by atoms with Crippen molar-refractivity contribution in [1.82, 2.24) is 4.98 Å². The Morgan fingerprint density at radius 2 is 2.45 bits per heavy atom. The van der Waals surface area contributed by atoms with Crippen molar-refractivity contribution in [3.63, 3.8) is 0 Å². The molecule has 0 aliphatic carbocycles. The zero-order valence-electron chi connectivity index (χ0n) is 6.41. The Bertz CT molecular complexity index is 384. The topological polar surface area (TPSA) is 28.1 Å². The van der Waals surface area contributed by atoms with Gasteiger partial charge in [0.1, 0.15) is 0 Å². The van der Waals surface area contributed by atoms with Crippen molar-refractivity contribution in [2.45, 2.75) is 6.92 Å². The first-order valence-electron chi connectivity index (χ1n) is 3.75. The number of rotatable bonds is 0. The molecule has 1 N–H and O–H groups in total. The van der Waals surface area contributed by atoms with Crippen molar-refractivity contribution in [3.05, 3.63) is 22.8 Å². The third-order valence-electron chi connectivity index (χ3n) is 1.78. The Morgan fingerprint density at radius 1 is 1.55 bits per heavy atom. The predicted octanol–water partition coefficient (Wildman–Crippen LogP) is 0.254. The van der Waals surface area contributed by atoms with E-state index in [1.165, 1.54) is 10.6 Å². The van der Waals surface area contributed by atoms with Gasteiger partial charge in [-0.15, -0.1) is 0 Å². The van der Waals surface area contributed by atoms with Gasteiger partial charge in [-0.1, -0.05) is 13.0 Å². The molecule has 1 aliphatic heterocycles. The van der Waals surface area contributed by atoms with E-state index in [-0.39, 0.29) is 0 Å². The van der Waals surface area contributed by atoms with Gasteiger partial charge in [0, 0.05) is 35.1 Å². The summed E-state index contributed by atoms with van der Waals surface area (Å²) in [6.07, 6.45) is 7.92. The highest BCUT2D eigenvalue weighted by atomic mass is 14.7. The first-order valence-corrected chi connectivity index (χ1v) is 3.75. The lowest BCUT2D eigenvalue weighted by Gasteiger charge is -1.90. The van der Waals surface area contributed by atoms with E-state index >= 15 is 0 Å². The molecular weight excluding hydrogens is 136 g/mol. The lowest BCUT2D eigenvalue weighted by Crippen LogP contribution is -2.21. The fraction of sp³-hybridized carbons (Fsp3) is 0.222. The lowest BCUT2D eigenvalue weighted by atomic mass is 10.2. The normalized spacial score (nSPS) is 21.4. The molecule has 11 heavy (non-hydrogen) atoms. The van der Waals surface area contributed by atoms with E-state index in [1.54, 1.807) is 0 Å². The number of aliphatic imine (C=N–C) groups is 1. The molecule has 2 rings (SSSR count). The van der Waals surface area contributed by atoms with Crippen LogP contribution in [0.4, 0.5) is 0 Å². The highest BCUT2D eigenvalue weighted by Gasteiger charge is 1.95. The first-order chi connectivity index (χ1) is 5.36. The molecule has 0 spiro atoms. The SMILES string of the molecule is CC1C=NC=c2cc[nH]c2=C1. The third kappa shape index (κ3) is 1.11. The van der Waals surface area contributed by atoms with Gasteiger partial charge >= 0.3 is 0 Å². The van der Waals surface area contributed by atoms with Crippen LogP contribution >= 0.6 is 0 Å². The molecule has 1 aliphatic rings. The summed E-state index contributed by atoms with van der Waals surface area (Å²) in [6, 6.07) is 2.03. The molecule has 1 aromatic heterocycles. The Morgan fingerprint density at radius 3 is 3.36 bits per heavy atom. The molecule has 2 heterocycles. The average Bonchev–Trinajstić information content (AvgIpc) is 2.31. The summed E-state index contributed by atoms with van der Waals surface area (Å²) in [7, 11) is 0. The van der Waals surface area contributed by atoms with Gasteiger partial charge < -0.3 is 4.98 Å². The molecule has 0 aromatic carbocycles. The van der Waals surface area contributed by atoms with Gasteiger partial charge in [0.2, 0.25) is 0 Å². The number of H-pyrrole nitrogens is 1. The molecule has 0 bridgehead atoms. The molecular formula is C9H10N2. The summed E-state index contributed by atoms with van der Waals surface area (Å²) in [5.41, 5.74) is 0. The van der Waals surface area contributed by atoms with Gasteiger partial charge in [-0.25, -0.2) is 0 Å². The number of nitrogens with zero attached hydrogens (tertiary/aromatic N) is 1. The highest BCUT2D eigenvalue weighted by molar-refractivity contribution is 5.71. The second kappa shape index (κ2) is 2.38. The first kappa shape index (κ1) is 6.40. The second-order valence-corrected chi connectivity index (χ2v) is 2.80. The van der Waals surface area contributed by atoms with E-state index in [1.807, 2.05) is 24.7 Å². The monoisotopic (exact) mass is 146 g/mol. The van der Waals surface area contributed by atoms with E-state index in [0.717, 1.165) is 0 Å². The molecule has 1 atom stereocenters. The number of nitrogens with one attached hydrogen (secondary N) is 1. The predicted molar refractivity (Wildman–Crippen MR) is 46.6 cm³/mol. The van der Waals surface area contributed by atoms with E-state index in [2.05, 4.69) is 23.0 Å². The molecule has 0 saturated carbocycles. The summed E-state index contributed by atoms with van der Waals surface area (Å²) >= 11 is 0. The van der Waals surface area contributed by atoms with Gasteiger partial charge in [0.05, 0.1) is 0 Å². The number of aromatic amines is 1. The van der Waals surface area contributed by atoms with Gasteiger partial charge in [0.25, 0.3) is 0 Å². The van der Waals surface area contributed by atoms with Crippen LogP contribution in [0.2, 0.25) is 0 Å². The molecule has 0 amide bonds. The van der Waals surface area contributed by atoms with Crippen molar-refractivity contribution in [3.8, 4) is 0 Å². The van der Waals surface area contributed by atoms with Crippen LogP contribution in [0.3, 0.4) is 0 Å². The van der Waals surface area contributed by atoms with Crippen LogP contribution in [-0.2, 0) is 0 Å². The molecule has 0 saturated heterocycles. The summed E-state index contributed by atoms with van der Waals surface area (Å²) in [5.74, 6) is 0.422. The number of hydrogen-bond acceptors (Lipinski definition) is 1. The molecule has 1 unspecified atom stereocenters. The number of hydrogen-bond donors (Lipinski definition) is 1. The van der Waals surface area contributed by atoms with Gasteiger partial charge in [-0.3, -0.25) is 4.99 Å². The minimum Gasteiger partial charge on any atom is -0.361 e. The quantitative estimate of drug-likeness (QED) is 0.543.